The van der Waals surface area contributed by atoms with Gasteiger partial charge in [-0.15, -0.1) is 0 Å². The van der Waals surface area contributed by atoms with E-state index in [1.807, 2.05) is 0 Å². The maximum Gasteiger partial charge on any atom is 0.408 e. The highest BCUT2D eigenvalue weighted by Gasteiger charge is 2.43. The molecular formula is C24H22F6N4O4. The van der Waals surface area contributed by atoms with Crippen molar-refractivity contribution in [1.82, 2.24) is 14.9 Å². The Kier molecular flexibility index (Phi) is 7.14. The van der Waals surface area contributed by atoms with Crippen molar-refractivity contribution >= 4 is 22.8 Å². The van der Waals surface area contributed by atoms with Gasteiger partial charge in [0.05, 0.1) is 24.0 Å². The zero-order valence-electron chi connectivity index (χ0n) is 19.8. The van der Waals surface area contributed by atoms with E-state index >= 15 is 0 Å². The predicted molar refractivity (Wildman–Crippen MR) is 124 cm³/mol. The van der Waals surface area contributed by atoms with Gasteiger partial charge < -0.3 is 20.4 Å². The Labute approximate surface area is 211 Å². The molecule has 1 saturated heterocycles. The Morgan fingerprint density at radius 1 is 1.13 bits per heavy atom. The standard InChI is InChI=1S/C24H22F6N4O4/c1-2-17(24(28,29)30)31-22(38)14-7-34(19-15(26)5-12(25)6-16(19)27)21-13(20(14)37)3-4-18(32-21)33-8-23(9-33,10-35)11-36/h3-7,17,35-36H,2,8-11H2,1H3,(H,31,38)/t17-/m0/s1. The molecule has 0 unspecified atom stereocenters. The number of hydrogen-bond donors (Lipinski definition) is 3. The zero-order chi connectivity index (χ0) is 28.0. The number of amides is 1. The summed E-state index contributed by atoms with van der Waals surface area (Å²) in [5, 5.41) is 20.4. The summed E-state index contributed by atoms with van der Waals surface area (Å²) in [5.41, 5.74) is -3.97. The highest BCUT2D eigenvalue weighted by Crippen LogP contribution is 2.34. The quantitative estimate of drug-likeness (QED) is 0.395. The SMILES string of the molecule is CC[C@H](NC(=O)c1cn(-c2c(F)cc(F)cc2F)c2nc(N3CC(CO)(CO)C3)ccc2c1=O)C(F)(F)F. The molecule has 2 aromatic heterocycles. The van der Waals surface area contributed by atoms with Crippen molar-refractivity contribution in [3.63, 3.8) is 0 Å². The highest BCUT2D eigenvalue weighted by atomic mass is 19.4. The van der Waals surface area contributed by atoms with Crippen LogP contribution in [0.2, 0.25) is 0 Å². The Hall–Kier alpha value is -3.65. The molecule has 3 N–H and O–H groups in total. The van der Waals surface area contributed by atoms with Crippen molar-refractivity contribution in [1.29, 1.82) is 0 Å². The lowest BCUT2D eigenvalue weighted by Gasteiger charge is -2.48. The molecule has 0 radical (unpaired) electrons. The number of fused-ring (bicyclic) bond motifs is 1. The minimum atomic E-state index is -4.82. The highest BCUT2D eigenvalue weighted by molar-refractivity contribution is 5.97. The van der Waals surface area contributed by atoms with E-state index in [1.165, 1.54) is 19.1 Å². The summed E-state index contributed by atoms with van der Waals surface area (Å²) < 4.78 is 83.5. The van der Waals surface area contributed by atoms with Crippen molar-refractivity contribution < 1.29 is 41.4 Å². The molecule has 0 spiro atoms. The van der Waals surface area contributed by atoms with Gasteiger partial charge in [0.15, 0.2) is 17.3 Å². The largest absolute Gasteiger partial charge is 0.408 e. The fourth-order valence-corrected chi connectivity index (χ4v) is 4.29. The second-order valence-corrected chi connectivity index (χ2v) is 9.15. The molecule has 3 aromatic rings. The number of halogens is 6. The number of aliphatic hydroxyl groups is 2. The van der Waals surface area contributed by atoms with Crippen molar-refractivity contribution in [2.24, 2.45) is 5.41 Å². The fraction of sp³-hybridized carbons (Fsp3) is 0.375. The molecule has 38 heavy (non-hydrogen) atoms. The third kappa shape index (κ3) is 4.80. The predicted octanol–water partition coefficient (Wildman–Crippen LogP) is 2.66. The smallest absolute Gasteiger partial charge is 0.396 e. The summed E-state index contributed by atoms with van der Waals surface area (Å²) in [6.45, 7) is 0.861. The molecule has 4 rings (SSSR count). The summed E-state index contributed by atoms with van der Waals surface area (Å²) >= 11 is 0. The van der Waals surface area contributed by atoms with Crippen LogP contribution in [0.15, 0.2) is 35.3 Å². The van der Waals surface area contributed by atoms with Crippen LogP contribution in [0.4, 0.5) is 32.2 Å². The van der Waals surface area contributed by atoms with Crippen LogP contribution in [0.5, 0.6) is 0 Å². The van der Waals surface area contributed by atoms with Gasteiger partial charge in [0.1, 0.15) is 28.9 Å². The molecule has 0 saturated carbocycles. The van der Waals surface area contributed by atoms with Crippen LogP contribution >= 0.6 is 0 Å². The van der Waals surface area contributed by atoms with Gasteiger partial charge in [-0.25, -0.2) is 18.2 Å². The Bertz CT molecular complexity index is 1420. The van der Waals surface area contributed by atoms with Gasteiger partial charge in [-0.1, -0.05) is 6.92 Å². The number of pyridine rings is 2. The fourth-order valence-electron chi connectivity index (χ4n) is 4.29. The lowest BCUT2D eigenvalue weighted by atomic mass is 9.81. The summed E-state index contributed by atoms with van der Waals surface area (Å²) in [5.74, 6) is -5.33. The van der Waals surface area contributed by atoms with Gasteiger partial charge in [-0.3, -0.25) is 14.2 Å². The molecule has 0 aliphatic carbocycles. The minimum Gasteiger partial charge on any atom is -0.396 e. The van der Waals surface area contributed by atoms with Crippen LogP contribution in [0.1, 0.15) is 23.7 Å². The van der Waals surface area contributed by atoms with Gasteiger partial charge in [0, 0.05) is 31.4 Å². The average molecular weight is 544 g/mol. The molecule has 204 valence electrons. The molecule has 1 fully saturated rings. The molecule has 14 heteroatoms. The van der Waals surface area contributed by atoms with E-state index in [-0.39, 0.29) is 43.2 Å². The van der Waals surface area contributed by atoms with Crippen molar-refractivity contribution in [2.45, 2.75) is 25.6 Å². The van der Waals surface area contributed by atoms with E-state index in [0.717, 1.165) is 0 Å². The van der Waals surface area contributed by atoms with Crippen molar-refractivity contribution in [3.8, 4) is 5.69 Å². The third-order valence-electron chi connectivity index (χ3n) is 6.46. The first-order chi connectivity index (χ1) is 17.8. The van der Waals surface area contributed by atoms with Crippen molar-refractivity contribution in [2.75, 3.05) is 31.2 Å². The number of alkyl halides is 3. The van der Waals surface area contributed by atoms with Gasteiger partial charge in [0.25, 0.3) is 5.91 Å². The minimum absolute atomic E-state index is 0.165. The molecule has 1 aliphatic heterocycles. The van der Waals surface area contributed by atoms with E-state index in [1.54, 1.807) is 10.2 Å². The zero-order valence-corrected chi connectivity index (χ0v) is 19.8. The number of carbonyl (C=O) groups is 1. The molecule has 1 aliphatic rings. The van der Waals surface area contributed by atoms with Crippen LogP contribution in [0.25, 0.3) is 16.7 Å². The summed E-state index contributed by atoms with van der Waals surface area (Å²) in [7, 11) is 0. The van der Waals surface area contributed by atoms with Crippen LogP contribution in [-0.2, 0) is 0 Å². The van der Waals surface area contributed by atoms with Gasteiger partial charge in [-0.2, -0.15) is 13.2 Å². The maximum atomic E-state index is 14.8. The molecule has 1 atom stereocenters. The second-order valence-electron chi connectivity index (χ2n) is 9.15. The first-order valence-electron chi connectivity index (χ1n) is 11.4. The second kappa shape index (κ2) is 9.91. The number of anilines is 1. The lowest BCUT2D eigenvalue weighted by molar-refractivity contribution is -0.153. The summed E-state index contributed by atoms with van der Waals surface area (Å²) in [6, 6.07) is 0.953. The Morgan fingerprint density at radius 2 is 1.74 bits per heavy atom. The van der Waals surface area contributed by atoms with E-state index < -0.39 is 64.1 Å². The van der Waals surface area contributed by atoms with Crippen molar-refractivity contribution in [3.05, 3.63) is 63.7 Å². The summed E-state index contributed by atoms with van der Waals surface area (Å²) in [6.07, 6.45) is -4.70. The number of rotatable bonds is 7. The van der Waals surface area contributed by atoms with E-state index in [0.29, 0.717) is 22.9 Å². The number of nitrogens with one attached hydrogen (secondary N) is 1. The normalized spacial score (nSPS) is 15.9. The third-order valence-corrected chi connectivity index (χ3v) is 6.46. The summed E-state index contributed by atoms with van der Waals surface area (Å²) in [4.78, 5) is 31.8. The Morgan fingerprint density at radius 3 is 2.26 bits per heavy atom. The number of benzene rings is 1. The van der Waals surface area contributed by atoms with E-state index in [2.05, 4.69) is 4.98 Å². The number of aliphatic hydroxyl groups excluding tert-OH is 2. The lowest BCUT2D eigenvalue weighted by Crippen LogP contribution is -2.60. The van der Waals surface area contributed by atoms with Gasteiger partial charge >= 0.3 is 6.18 Å². The maximum absolute atomic E-state index is 14.8. The van der Waals surface area contributed by atoms with Crippen LogP contribution < -0.4 is 15.6 Å². The number of nitrogens with zero attached hydrogens (tertiary/aromatic N) is 3. The Balaban J connectivity index is 1.90. The van der Waals surface area contributed by atoms with Gasteiger partial charge in [0.2, 0.25) is 5.43 Å². The van der Waals surface area contributed by atoms with E-state index in [9.17, 15) is 46.1 Å². The molecule has 0 bridgehead atoms. The number of aromatic nitrogens is 2. The molecule has 1 aromatic carbocycles. The topological polar surface area (TPSA) is 108 Å². The molecular weight excluding hydrogens is 522 g/mol. The van der Waals surface area contributed by atoms with Crippen LogP contribution in [0, 0.1) is 22.9 Å². The van der Waals surface area contributed by atoms with Crippen LogP contribution in [0.3, 0.4) is 0 Å². The number of hydrogen-bond acceptors (Lipinski definition) is 6. The average Bonchev–Trinajstić information content (AvgIpc) is 2.82. The number of carbonyl (C=O) groups excluding carboxylic acids is 1. The van der Waals surface area contributed by atoms with Crippen LogP contribution in [-0.4, -0.2) is 64.2 Å². The monoisotopic (exact) mass is 544 g/mol. The first-order valence-corrected chi connectivity index (χ1v) is 11.4. The molecule has 1 amide bonds. The van der Waals surface area contributed by atoms with E-state index in [4.69, 9.17) is 0 Å². The van der Waals surface area contributed by atoms with Gasteiger partial charge in [-0.05, 0) is 18.6 Å². The first kappa shape index (κ1) is 27.4. The molecule has 8 nitrogen and oxygen atoms in total. The molecule has 3 heterocycles.